The summed E-state index contributed by atoms with van der Waals surface area (Å²) >= 11 is 1.66. The highest BCUT2D eigenvalue weighted by molar-refractivity contribution is 8.00. The lowest BCUT2D eigenvalue weighted by molar-refractivity contribution is -0.0473. The van der Waals surface area contributed by atoms with Crippen LogP contribution in [0.3, 0.4) is 0 Å². The number of halogens is 2. The molecule has 144 valence electrons. The number of nitrogens with zero attached hydrogens (tertiary/aromatic N) is 2. The van der Waals surface area contributed by atoms with Crippen LogP contribution >= 0.6 is 11.9 Å². The number of hydrogen-bond acceptors (Lipinski definition) is 3. The number of rotatable bonds is 5. The third kappa shape index (κ3) is 4.33. The third-order valence-electron chi connectivity index (χ3n) is 5.03. The van der Waals surface area contributed by atoms with Crippen molar-refractivity contribution in [3.8, 4) is 0 Å². The highest BCUT2D eigenvalue weighted by Crippen LogP contribution is 2.38. The monoisotopic (exact) mass is 381 g/mol. The molecule has 0 atom stereocenters. The maximum absolute atomic E-state index is 13.5. The fourth-order valence-electron chi connectivity index (χ4n) is 3.65. The Morgan fingerprint density at radius 1 is 1.27 bits per heavy atom. The zero-order valence-electron chi connectivity index (χ0n) is 16.1. The summed E-state index contributed by atoms with van der Waals surface area (Å²) in [6.07, 6.45) is 1.20. The minimum atomic E-state index is -2.47. The molecule has 1 N–H and O–H groups in total. The Labute approximate surface area is 159 Å². The summed E-state index contributed by atoms with van der Waals surface area (Å²) in [6.45, 7) is 9.36. The molecule has 0 aliphatic heterocycles. The third-order valence-corrected chi connectivity index (χ3v) is 5.70. The normalized spacial score (nSPS) is 18.4. The van der Waals surface area contributed by atoms with Crippen molar-refractivity contribution >= 4 is 28.7 Å². The molecule has 1 aliphatic rings. The van der Waals surface area contributed by atoms with Gasteiger partial charge in [-0.2, -0.15) is 0 Å². The summed E-state index contributed by atoms with van der Waals surface area (Å²) < 4.78 is 32.6. The summed E-state index contributed by atoms with van der Waals surface area (Å²) in [5.41, 5.74) is 3.02. The molecule has 0 bridgehead atoms. The molecule has 3 nitrogen and oxygen atoms in total. The largest absolute Gasteiger partial charge is 0.330 e. The topological polar surface area (TPSA) is 29.9 Å². The summed E-state index contributed by atoms with van der Waals surface area (Å²) in [5.74, 6) is -0.157. The Bertz CT molecular complexity index is 754. The van der Waals surface area contributed by atoms with Crippen LogP contribution in [0.1, 0.15) is 59.2 Å². The van der Waals surface area contributed by atoms with Crippen molar-refractivity contribution in [2.24, 2.45) is 5.92 Å². The van der Waals surface area contributed by atoms with Crippen LogP contribution in [0.5, 0.6) is 0 Å². The van der Waals surface area contributed by atoms with Gasteiger partial charge in [-0.1, -0.05) is 39.6 Å². The highest BCUT2D eigenvalue weighted by atomic mass is 32.2. The minimum absolute atomic E-state index is 0.0114. The smallest absolute Gasteiger partial charge is 0.248 e. The fourth-order valence-corrected chi connectivity index (χ4v) is 4.08. The van der Waals surface area contributed by atoms with Gasteiger partial charge < -0.3 is 9.29 Å². The van der Waals surface area contributed by atoms with Gasteiger partial charge in [0.2, 0.25) is 5.92 Å². The second kappa shape index (κ2) is 7.37. The van der Waals surface area contributed by atoms with Gasteiger partial charge in [-0.15, -0.1) is 0 Å². The first-order chi connectivity index (χ1) is 12.2. The van der Waals surface area contributed by atoms with Gasteiger partial charge in [-0.25, -0.2) is 13.8 Å². The zero-order valence-corrected chi connectivity index (χ0v) is 16.9. The molecule has 1 aliphatic carbocycles. The van der Waals surface area contributed by atoms with E-state index in [4.69, 9.17) is 4.98 Å². The zero-order chi connectivity index (χ0) is 18.9. The van der Waals surface area contributed by atoms with Crippen LogP contribution in [-0.2, 0) is 12.0 Å². The van der Waals surface area contributed by atoms with Crippen LogP contribution in [0.4, 0.5) is 14.5 Å². The van der Waals surface area contributed by atoms with E-state index in [0.29, 0.717) is 18.8 Å². The molecule has 0 radical (unpaired) electrons. The van der Waals surface area contributed by atoms with Gasteiger partial charge in [-0.3, -0.25) is 0 Å². The maximum atomic E-state index is 13.5. The van der Waals surface area contributed by atoms with E-state index in [1.807, 2.05) is 0 Å². The molecule has 6 heteroatoms. The summed E-state index contributed by atoms with van der Waals surface area (Å²) in [5, 5.41) is 0. The lowest BCUT2D eigenvalue weighted by Gasteiger charge is -2.30. The number of anilines is 1. The van der Waals surface area contributed by atoms with Crippen molar-refractivity contribution in [2.75, 3.05) is 10.5 Å². The Morgan fingerprint density at radius 3 is 2.58 bits per heavy atom. The van der Waals surface area contributed by atoms with Crippen LogP contribution in [0.15, 0.2) is 18.2 Å². The van der Waals surface area contributed by atoms with Crippen LogP contribution in [0.2, 0.25) is 0 Å². The van der Waals surface area contributed by atoms with E-state index in [1.165, 1.54) is 0 Å². The van der Waals surface area contributed by atoms with Crippen LogP contribution in [-0.4, -0.2) is 21.2 Å². The van der Waals surface area contributed by atoms with Crippen molar-refractivity contribution in [3.05, 3.63) is 24.0 Å². The SMILES string of the molecule is CCSNc1ccc2c(c1)nc(C(C)(C)C)n2CC1CCC(F)(F)CC1. The number of aromatic nitrogens is 2. The number of hydrogen-bond donors (Lipinski definition) is 1. The molecule has 1 aromatic carbocycles. The van der Waals surface area contributed by atoms with Crippen LogP contribution < -0.4 is 4.72 Å². The number of alkyl halides is 2. The summed E-state index contributed by atoms with van der Waals surface area (Å²) in [7, 11) is 0. The lowest BCUT2D eigenvalue weighted by Crippen LogP contribution is -2.28. The number of benzene rings is 1. The van der Waals surface area contributed by atoms with E-state index in [1.54, 1.807) is 11.9 Å². The Morgan fingerprint density at radius 2 is 1.96 bits per heavy atom. The van der Waals surface area contributed by atoms with E-state index in [2.05, 4.69) is 55.2 Å². The average Bonchev–Trinajstić information content (AvgIpc) is 2.93. The first-order valence-corrected chi connectivity index (χ1v) is 10.4. The predicted molar refractivity (Wildman–Crippen MR) is 107 cm³/mol. The molecule has 1 heterocycles. The van der Waals surface area contributed by atoms with Gasteiger partial charge in [0.1, 0.15) is 5.82 Å². The average molecular weight is 382 g/mol. The number of nitrogens with one attached hydrogen (secondary N) is 1. The molecule has 0 unspecified atom stereocenters. The molecule has 0 saturated heterocycles. The molecule has 2 aromatic rings. The van der Waals surface area contributed by atoms with Crippen molar-refractivity contribution in [2.45, 2.75) is 71.3 Å². The lowest BCUT2D eigenvalue weighted by atomic mass is 9.86. The van der Waals surface area contributed by atoms with Crippen molar-refractivity contribution < 1.29 is 8.78 Å². The standard InChI is InChI=1S/C20H29F2N3S/c1-5-26-24-15-6-7-17-16(12-15)23-18(19(2,3)4)25(17)13-14-8-10-20(21,22)11-9-14/h6-7,12,14,24H,5,8-11,13H2,1-4H3. The Kier molecular flexibility index (Phi) is 5.52. The summed E-state index contributed by atoms with van der Waals surface area (Å²) in [6, 6.07) is 6.26. The molecule has 1 saturated carbocycles. The number of imidazole rings is 1. The molecule has 3 rings (SSSR count). The quantitative estimate of drug-likeness (QED) is 0.622. The molecule has 0 spiro atoms. The highest BCUT2D eigenvalue weighted by Gasteiger charge is 2.35. The van der Waals surface area contributed by atoms with E-state index in [9.17, 15) is 8.78 Å². The van der Waals surface area contributed by atoms with Crippen molar-refractivity contribution in [1.29, 1.82) is 0 Å². The fraction of sp³-hybridized carbons (Fsp3) is 0.650. The summed E-state index contributed by atoms with van der Waals surface area (Å²) in [4.78, 5) is 4.91. The molecule has 1 fully saturated rings. The number of fused-ring (bicyclic) bond motifs is 1. The first-order valence-electron chi connectivity index (χ1n) is 9.46. The second-order valence-corrected chi connectivity index (χ2v) is 9.40. The molecule has 26 heavy (non-hydrogen) atoms. The van der Waals surface area contributed by atoms with Gasteiger partial charge in [0.15, 0.2) is 0 Å². The van der Waals surface area contributed by atoms with Crippen molar-refractivity contribution in [1.82, 2.24) is 9.55 Å². The molecule has 0 amide bonds. The van der Waals surface area contributed by atoms with Crippen LogP contribution in [0.25, 0.3) is 11.0 Å². The Hall–Kier alpha value is -1.30. The molecular weight excluding hydrogens is 352 g/mol. The van der Waals surface area contributed by atoms with E-state index in [-0.39, 0.29) is 18.3 Å². The van der Waals surface area contributed by atoms with Gasteiger partial charge in [0.25, 0.3) is 0 Å². The van der Waals surface area contributed by atoms with Gasteiger partial charge in [-0.05, 0) is 37.0 Å². The Balaban J connectivity index is 1.91. The van der Waals surface area contributed by atoms with E-state index >= 15 is 0 Å². The van der Waals surface area contributed by atoms with E-state index in [0.717, 1.165) is 34.8 Å². The van der Waals surface area contributed by atoms with Gasteiger partial charge in [0.05, 0.1) is 11.0 Å². The second-order valence-electron chi connectivity index (χ2n) is 8.33. The van der Waals surface area contributed by atoms with Gasteiger partial charge >= 0.3 is 0 Å². The predicted octanol–water partition coefficient (Wildman–Crippen LogP) is 6.24. The van der Waals surface area contributed by atoms with Crippen LogP contribution in [0, 0.1) is 5.92 Å². The molecular formula is C20H29F2N3S. The molecule has 1 aromatic heterocycles. The van der Waals surface area contributed by atoms with Crippen molar-refractivity contribution in [3.63, 3.8) is 0 Å². The maximum Gasteiger partial charge on any atom is 0.248 e. The van der Waals surface area contributed by atoms with E-state index < -0.39 is 5.92 Å². The van der Waals surface area contributed by atoms with Gasteiger partial charge in [0, 0.05) is 36.2 Å². The minimum Gasteiger partial charge on any atom is -0.330 e. The first kappa shape index (κ1) is 19.5.